The highest BCUT2D eigenvalue weighted by Gasteiger charge is 2.19. The van der Waals surface area contributed by atoms with Crippen LogP contribution in [0.2, 0.25) is 0 Å². The summed E-state index contributed by atoms with van der Waals surface area (Å²) >= 11 is 3.47. The lowest BCUT2D eigenvalue weighted by atomic mass is 9.85. The molecular weight excluding hydrogens is 378 g/mol. The van der Waals surface area contributed by atoms with Gasteiger partial charge < -0.3 is 0 Å². The average molecular weight is 394 g/mol. The second-order valence-electron chi connectivity index (χ2n) is 6.49. The van der Waals surface area contributed by atoms with Crippen molar-refractivity contribution < 1.29 is 0 Å². The van der Waals surface area contributed by atoms with Gasteiger partial charge in [-0.25, -0.2) is 0 Å². The van der Waals surface area contributed by atoms with Crippen LogP contribution >= 0.6 is 15.9 Å². The van der Waals surface area contributed by atoms with Gasteiger partial charge in [-0.2, -0.15) is 5.26 Å². The fraction of sp³-hybridized carbons (Fsp3) is 0.200. The quantitative estimate of drug-likeness (QED) is 0.526. The molecule has 0 aliphatic carbocycles. The van der Waals surface area contributed by atoms with Gasteiger partial charge in [0.25, 0.3) is 0 Å². The van der Waals surface area contributed by atoms with E-state index in [0.29, 0.717) is 12.1 Å². The Kier molecular flexibility index (Phi) is 4.65. The average Bonchev–Trinajstić information content (AvgIpc) is 2.62. The highest BCUT2D eigenvalue weighted by Crippen LogP contribution is 2.31. The van der Waals surface area contributed by atoms with E-state index < -0.39 is 5.41 Å². The van der Waals surface area contributed by atoms with Gasteiger partial charge in [0, 0.05) is 16.3 Å². The number of benzene rings is 2. The van der Waals surface area contributed by atoms with E-state index in [1.165, 1.54) is 6.20 Å². The van der Waals surface area contributed by atoms with Gasteiger partial charge >= 0.3 is 0 Å². The van der Waals surface area contributed by atoms with Crippen LogP contribution < -0.4 is 0 Å². The van der Waals surface area contributed by atoms with Crippen molar-refractivity contribution in [3.05, 3.63) is 74.7 Å². The lowest BCUT2D eigenvalue weighted by Gasteiger charge is -2.16. The van der Waals surface area contributed by atoms with Crippen molar-refractivity contribution in [1.29, 1.82) is 5.26 Å². The molecule has 0 radical (unpaired) electrons. The maximum Gasteiger partial charge on any atom is 0.130 e. The Morgan fingerprint density at radius 2 is 1.92 bits per heavy atom. The van der Waals surface area contributed by atoms with Crippen molar-refractivity contribution in [2.75, 3.05) is 0 Å². The van der Waals surface area contributed by atoms with Crippen LogP contribution in [0.5, 0.6) is 0 Å². The minimum atomic E-state index is -0.526. The van der Waals surface area contributed by atoms with Crippen LogP contribution in [-0.4, -0.2) is 4.98 Å². The predicted octanol–water partition coefficient (Wildman–Crippen LogP) is 5.79. The molecule has 1 aromatic heterocycles. The summed E-state index contributed by atoms with van der Waals surface area (Å²) < 4.78 is 0.928. The van der Waals surface area contributed by atoms with Crippen molar-refractivity contribution in [2.45, 2.75) is 25.7 Å². The van der Waals surface area contributed by atoms with E-state index in [0.717, 1.165) is 32.1 Å². The normalized spacial score (nSPS) is 11.3. The van der Waals surface area contributed by atoms with E-state index in [2.05, 4.69) is 32.2 Å². The van der Waals surface area contributed by atoms with Gasteiger partial charge in [0.15, 0.2) is 0 Å². The molecule has 0 saturated carbocycles. The van der Waals surface area contributed by atoms with Crippen molar-refractivity contribution in [3.8, 4) is 6.07 Å². The van der Waals surface area contributed by atoms with Gasteiger partial charge in [0.1, 0.15) is 5.69 Å². The van der Waals surface area contributed by atoms with Crippen molar-refractivity contribution >= 4 is 32.5 Å². The number of hydrogen-bond acceptors (Lipinski definition) is 4. The van der Waals surface area contributed by atoms with Gasteiger partial charge in [-0.15, -0.1) is 4.91 Å². The fourth-order valence-corrected chi connectivity index (χ4v) is 3.14. The first-order valence-corrected chi connectivity index (χ1v) is 8.65. The Labute approximate surface area is 154 Å². The number of pyridine rings is 1. The second kappa shape index (κ2) is 6.73. The molecule has 3 aromatic rings. The molecule has 4 nitrogen and oxygen atoms in total. The zero-order valence-electron chi connectivity index (χ0n) is 14.0. The summed E-state index contributed by atoms with van der Waals surface area (Å²) in [7, 11) is 0. The highest BCUT2D eigenvalue weighted by molar-refractivity contribution is 9.10. The van der Waals surface area contributed by atoms with E-state index in [1.54, 1.807) is 0 Å². The van der Waals surface area contributed by atoms with Gasteiger partial charge in [0.2, 0.25) is 0 Å². The number of nitriles is 1. The smallest absolute Gasteiger partial charge is 0.130 e. The first-order chi connectivity index (χ1) is 11.9. The molecule has 0 aliphatic heterocycles. The lowest BCUT2D eigenvalue weighted by Crippen LogP contribution is -2.13. The van der Waals surface area contributed by atoms with Crippen LogP contribution in [0, 0.1) is 16.2 Å². The molecule has 0 saturated heterocycles. The Morgan fingerprint density at radius 1 is 1.20 bits per heavy atom. The summed E-state index contributed by atoms with van der Waals surface area (Å²) in [6.07, 6.45) is 2.09. The standard InChI is InChI=1S/C20H16BrN3O/c1-20(2,12-22)14-5-3-13(4-6-14)9-16-17-10-15(21)7-8-18(17)23-11-19(16)24-25/h3-8,10-11H,9H2,1-2H3. The fourth-order valence-electron chi connectivity index (χ4n) is 2.78. The lowest BCUT2D eigenvalue weighted by molar-refractivity contribution is 0.686. The summed E-state index contributed by atoms with van der Waals surface area (Å²) in [4.78, 5) is 15.5. The van der Waals surface area contributed by atoms with Crippen LogP contribution in [-0.2, 0) is 11.8 Å². The van der Waals surface area contributed by atoms with E-state index >= 15 is 0 Å². The molecule has 25 heavy (non-hydrogen) atoms. The molecule has 3 rings (SSSR count). The number of rotatable bonds is 4. The highest BCUT2D eigenvalue weighted by atomic mass is 79.9. The Balaban J connectivity index is 2.04. The Hall–Kier alpha value is -2.58. The molecule has 0 atom stereocenters. The molecule has 2 aromatic carbocycles. The Bertz CT molecular complexity index is 988. The molecule has 0 spiro atoms. The molecule has 124 valence electrons. The third-order valence-electron chi connectivity index (χ3n) is 4.35. The monoisotopic (exact) mass is 393 g/mol. The van der Waals surface area contributed by atoms with Crippen molar-refractivity contribution in [2.24, 2.45) is 5.18 Å². The van der Waals surface area contributed by atoms with Crippen molar-refractivity contribution in [3.63, 3.8) is 0 Å². The van der Waals surface area contributed by atoms with E-state index in [-0.39, 0.29) is 0 Å². The molecule has 0 aliphatic rings. The molecule has 0 unspecified atom stereocenters. The molecule has 0 fully saturated rings. The third-order valence-corrected chi connectivity index (χ3v) is 4.85. The first kappa shape index (κ1) is 17.2. The third kappa shape index (κ3) is 3.45. The molecule has 0 amide bonds. The number of nitrogens with zero attached hydrogens (tertiary/aromatic N) is 3. The molecule has 0 bridgehead atoms. The first-order valence-electron chi connectivity index (χ1n) is 7.86. The summed E-state index contributed by atoms with van der Waals surface area (Å²) in [6.45, 7) is 3.79. The number of aromatic nitrogens is 1. The van der Waals surface area contributed by atoms with E-state index in [4.69, 9.17) is 0 Å². The minimum Gasteiger partial charge on any atom is -0.254 e. The van der Waals surface area contributed by atoms with Crippen LogP contribution in [0.1, 0.15) is 30.5 Å². The Morgan fingerprint density at radius 3 is 2.56 bits per heavy atom. The van der Waals surface area contributed by atoms with E-state index in [9.17, 15) is 10.2 Å². The maximum absolute atomic E-state index is 11.2. The zero-order chi connectivity index (χ0) is 18.0. The second-order valence-corrected chi connectivity index (χ2v) is 7.40. The number of hydrogen-bond donors (Lipinski definition) is 0. The maximum atomic E-state index is 11.2. The van der Waals surface area contributed by atoms with Crippen LogP contribution in [0.25, 0.3) is 10.9 Å². The summed E-state index contributed by atoms with van der Waals surface area (Å²) in [5.41, 5.74) is 3.53. The SMILES string of the molecule is CC(C)(C#N)c1ccc(Cc2c(N=O)cnc3ccc(Br)cc23)cc1. The minimum absolute atomic E-state index is 0.354. The summed E-state index contributed by atoms with van der Waals surface area (Å²) in [5, 5.41) is 13.3. The van der Waals surface area contributed by atoms with Crippen molar-refractivity contribution in [1.82, 2.24) is 4.98 Å². The largest absolute Gasteiger partial charge is 0.254 e. The topological polar surface area (TPSA) is 66.1 Å². The molecular formula is C20H16BrN3O. The number of halogens is 1. The predicted molar refractivity (Wildman–Crippen MR) is 103 cm³/mol. The molecule has 1 heterocycles. The number of fused-ring (bicyclic) bond motifs is 1. The molecule has 5 heteroatoms. The zero-order valence-corrected chi connectivity index (χ0v) is 15.5. The van der Waals surface area contributed by atoms with Gasteiger partial charge in [-0.3, -0.25) is 4.98 Å². The van der Waals surface area contributed by atoms with Gasteiger partial charge in [-0.1, -0.05) is 40.2 Å². The van der Waals surface area contributed by atoms with Gasteiger partial charge in [-0.05, 0) is 53.9 Å². The van der Waals surface area contributed by atoms with Crippen LogP contribution in [0.3, 0.4) is 0 Å². The van der Waals surface area contributed by atoms with E-state index in [1.807, 2.05) is 56.3 Å². The van der Waals surface area contributed by atoms with Crippen LogP contribution in [0.15, 0.2) is 58.3 Å². The van der Waals surface area contributed by atoms with Crippen LogP contribution in [0.4, 0.5) is 5.69 Å². The van der Waals surface area contributed by atoms with Gasteiger partial charge in [0.05, 0.1) is 23.2 Å². The summed E-state index contributed by atoms with van der Waals surface area (Å²) in [5.74, 6) is 0. The molecule has 0 N–H and O–H groups in total. The summed E-state index contributed by atoms with van der Waals surface area (Å²) in [6, 6.07) is 16.0. The number of nitroso groups, excluding NO2 is 1.